The van der Waals surface area contributed by atoms with E-state index in [4.69, 9.17) is 4.42 Å². The number of aryl methyl sites for hydroxylation is 1. The van der Waals surface area contributed by atoms with Crippen LogP contribution in [0.3, 0.4) is 0 Å². The maximum absolute atomic E-state index is 13.3. The van der Waals surface area contributed by atoms with Gasteiger partial charge < -0.3 is 19.5 Å². The molecule has 3 amide bonds. The molecule has 0 fully saturated rings. The van der Waals surface area contributed by atoms with E-state index in [0.29, 0.717) is 18.8 Å². The predicted molar refractivity (Wildman–Crippen MR) is 125 cm³/mol. The molecule has 0 aliphatic carbocycles. The monoisotopic (exact) mass is 451 g/mol. The number of amides is 3. The lowest BCUT2D eigenvalue weighted by atomic mass is 10.2. The van der Waals surface area contributed by atoms with Crippen molar-refractivity contribution in [2.45, 2.75) is 39.9 Å². The van der Waals surface area contributed by atoms with Gasteiger partial charge in [0.25, 0.3) is 0 Å². The predicted octanol–water partition coefficient (Wildman–Crippen LogP) is 4.88. The molecule has 0 atom stereocenters. The van der Waals surface area contributed by atoms with Crippen molar-refractivity contribution in [3.05, 3.63) is 95.2 Å². The summed E-state index contributed by atoms with van der Waals surface area (Å²) in [5.41, 5.74) is 1.78. The number of halogens is 1. The number of urea groups is 1. The molecule has 6 nitrogen and oxygen atoms in total. The molecule has 0 aliphatic rings. The molecule has 0 bridgehead atoms. The summed E-state index contributed by atoms with van der Waals surface area (Å²) in [5.74, 6) is 0.866. The van der Waals surface area contributed by atoms with Crippen LogP contribution in [-0.4, -0.2) is 34.8 Å². The van der Waals surface area contributed by atoms with Gasteiger partial charge in [0.05, 0.1) is 6.54 Å². The van der Waals surface area contributed by atoms with E-state index in [1.165, 1.54) is 17.0 Å². The lowest BCUT2D eigenvalue weighted by Gasteiger charge is -2.27. The van der Waals surface area contributed by atoms with E-state index in [9.17, 15) is 14.0 Å². The summed E-state index contributed by atoms with van der Waals surface area (Å²) in [6.07, 6.45) is 0.724. The number of benzene rings is 2. The van der Waals surface area contributed by atoms with Gasteiger partial charge >= 0.3 is 6.03 Å². The quantitative estimate of drug-likeness (QED) is 0.478. The summed E-state index contributed by atoms with van der Waals surface area (Å²) < 4.78 is 19.0. The zero-order valence-electron chi connectivity index (χ0n) is 19.1. The van der Waals surface area contributed by atoms with Crippen molar-refractivity contribution in [2.75, 3.05) is 13.1 Å². The van der Waals surface area contributed by atoms with Crippen molar-refractivity contribution in [3.63, 3.8) is 0 Å². The first-order valence-corrected chi connectivity index (χ1v) is 11.1. The van der Waals surface area contributed by atoms with Crippen LogP contribution in [0.1, 0.15) is 36.0 Å². The third kappa shape index (κ3) is 7.49. The molecule has 7 heteroatoms. The average molecular weight is 452 g/mol. The highest BCUT2D eigenvalue weighted by molar-refractivity contribution is 5.84. The third-order valence-electron chi connectivity index (χ3n) is 5.18. The Hall–Kier alpha value is -3.61. The van der Waals surface area contributed by atoms with Crippen molar-refractivity contribution in [1.82, 2.24) is 15.1 Å². The Morgan fingerprint density at radius 3 is 2.27 bits per heavy atom. The van der Waals surface area contributed by atoms with Crippen LogP contribution in [0.25, 0.3) is 0 Å². The highest BCUT2D eigenvalue weighted by Crippen LogP contribution is 2.14. The van der Waals surface area contributed by atoms with Crippen LogP contribution in [0, 0.1) is 12.7 Å². The first kappa shape index (κ1) is 24.0. The fourth-order valence-corrected chi connectivity index (χ4v) is 3.47. The molecule has 0 unspecified atom stereocenters. The van der Waals surface area contributed by atoms with Crippen LogP contribution < -0.4 is 5.32 Å². The van der Waals surface area contributed by atoms with E-state index < -0.39 is 0 Å². The molecule has 1 N–H and O–H groups in total. The molecule has 174 valence electrons. The van der Waals surface area contributed by atoms with Crippen molar-refractivity contribution < 1.29 is 18.4 Å². The Balaban J connectivity index is 1.69. The first-order valence-electron chi connectivity index (χ1n) is 11.1. The minimum absolute atomic E-state index is 0.0602. The van der Waals surface area contributed by atoms with E-state index >= 15 is 0 Å². The van der Waals surface area contributed by atoms with Crippen LogP contribution in [0.5, 0.6) is 0 Å². The number of rotatable bonds is 10. The summed E-state index contributed by atoms with van der Waals surface area (Å²) in [4.78, 5) is 29.2. The third-order valence-corrected chi connectivity index (χ3v) is 5.18. The summed E-state index contributed by atoms with van der Waals surface area (Å²) in [5, 5.41) is 2.89. The molecule has 3 rings (SSSR count). The molecule has 2 aromatic carbocycles. The average Bonchev–Trinajstić information content (AvgIpc) is 3.23. The number of nitrogens with one attached hydrogen (secondary N) is 1. The van der Waals surface area contributed by atoms with Crippen molar-refractivity contribution in [3.8, 4) is 0 Å². The van der Waals surface area contributed by atoms with E-state index in [2.05, 4.69) is 5.32 Å². The number of hydrogen-bond donors (Lipinski definition) is 1. The molecule has 0 saturated carbocycles. The lowest BCUT2D eigenvalue weighted by Crippen LogP contribution is -2.46. The second kappa shape index (κ2) is 11.9. The Labute approximate surface area is 194 Å². The van der Waals surface area contributed by atoms with Gasteiger partial charge in [-0.25, -0.2) is 9.18 Å². The highest BCUT2D eigenvalue weighted by Gasteiger charge is 2.22. The molecular formula is C26H30FN3O3. The largest absolute Gasteiger partial charge is 0.464 e. The van der Waals surface area contributed by atoms with Gasteiger partial charge in [-0.15, -0.1) is 0 Å². The molecule has 3 aromatic rings. The number of furan rings is 1. The Bertz CT molecular complexity index is 1030. The Morgan fingerprint density at radius 1 is 0.909 bits per heavy atom. The van der Waals surface area contributed by atoms with E-state index in [1.807, 2.05) is 56.3 Å². The standard InChI is InChI=1S/C26H30FN3O3/c1-3-15-29(26(32)28-16-21-7-5-4-6-8-21)19-25(31)30(18-24-14-9-20(2)33-24)17-22-10-12-23(27)13-11-22/h4-14H,3,15-19H2,1-2H3,(H,28,32). The Kier molecular flexibility index (Phi) is 8.63. The maximum atomic E-state index is 13.3. The molecular weight excluding hydrogens is 421 g/mol. The SMILES string of the molecule is CCCN(CC(=O)N(Cc1ccc(F)cc1)Cc1ccc(C)o1)C(=O)NCc1ccccc1. The molecule has 0 aliphatic heterocycles. The summed E-state index contributed by atoms with van der Waals surface area (Å²) in [7, 11) is 0. The summed E-state index contributed by atoms with van der Waals surface area (Å²) in [6, 6.07) is 19.1. The van der Waals surface area contributed by atoms with Gasteiger partial charge in [0.15, 0.2) is 0 Å². The van der Waals surface area contributed by atoms with Crippen molar-refractivity contribution in [2.24, 2.45) is 0 Å². The summed E-state index contributed by atoms with van der Waals surface area (Å²) >= 11 is 0. The number of nitrogens with zero attached hydrogens (tertiary/aromatic N) is 2. The first-order chi connectivity index (χ1) is 15.9. The smallest absolute Gasteiger partial charge is 0.318 e. The van der Waals surface area contributed by atoms with Gasteiger partial charge in [0, 0.05) is 19.6 Å². The van der Waals surface area contributed by atoms with Gasteiger partial charge in [-0.1, -0.05) is 49.4 Å². The normalized spacial score (nSPS) is 10.6. The highest BCUT2D eigenvalue weighted by atomic mass is 19.1. The zero-order valence-corrected chi connectivity index (χ0v) is 19.1. The van der Waals surface area contributed by atoms with Crippen LogP contribution in [0.15, 0.2) is 71.1 Å². The van der Waals surface area contributed by atoms with E-state index in [1.54, 1.807) is 17.0 Å². The molecule has 0 spiro atoms. The fourth-order valence-electron chi connectivity index (χ4n) is 3.47. The topological polar surface area (TPSA) is 65.8 Å². The zero-order chi connectivity index (χ0) is 23.6. The minimum Gasteiger partial charge on any atom is -0.464 e. The van der Waals surface area contributed by atoms with Gasteiger partial charge in [0.1, 0.15) is 23.9 Å². The summed E-state index contributed by atoms with van der Waals surface area (Å²) in [6.45, 7) is 5.13. The lowest BCUT2D eigenvalue weighted by molar-refractivity contribution is -0.133. The Morgan fingerprint density at radius 2 is 1.64 bits per heavy atom. The van der Waals surface area contributed by atoms with Crippen LogP contribution >= 0.6 is 0 Å². The molecule has 33 heavy (non-hydrogen) atoms. The second-order valence-electron chi connectivity index (χ2n) is 7.95. The number of carbonyl (C=O) groups is 2. The van der Waals surface area contributed by atoms with Crippen molar-refractivity contribution in [1.29, 1.82) is 0 Å². The minimum atomic E-state index is -0.331. The van der Waals surface area contributed by atoms with Crippen LogP contribution in [0.4, 0.5) is 9.18 Å². The van der Waals surface area contributed by atoms with E-state index in [0.717, 1.165) is 23.3 Å². The molecule has 1 heterocycles. The van der Waals surface area contributed by atoms with Crippen LogP contribution in [0.2, 0.25) is 0 Å². The van der Waals surface area contributed by atoms with Gasteiger partial charge in [-0.2, -0.15) is 0 Å². The number of carbonyl (C=O) groups excluding carboxylic acids is 2. The van der Waals surface area contributed by atoms with E-state index in [-0.39, 0.29) is 37.4 Å². The molecule has 1 aromatic heterocycles. The maximum Gasteiger partial charge on any atom is 0.318 e. The van der Waals surface area contributed by atoms with Gasteiger partial charge in [-0.3, -0.25) is 4.79 Å². The molecule has 0 radical (unpaired) electrons. The van der Waals surface area contributed by atoms with Crippen molar-refractivity contribution >= 4 is 11.9 Å². The van der Waals surface area contributed by atoms with Crippen LogP contribution in [-0.2, 0) is 24.4 Å². The fraction of sp³-hybridized carbons (Fsp3) is 0.308. The second-order valence-corrected chi connectivity index (χ2v) is 7.95. The number of hydrogen-bond acceptors (Lipinski definition) is 3. The van der Waals surface area contributed by atoms with Gasteiger partial charge in [0.2, 0.25) is 5.91 Å². The molecule has 0 saturated heterocycles. The van der Waals surface area contributed by atoms with Gasteiger partial charge in [-0.05, 0) is 48.7 Å².